The minimum Gasteiger partial charge on any atom is -0.451 e. The van der Waals surface area contributed by atoms with Crippen molar-refractivity contribution in [1.82, 2.24) is 9.97 Å². The van der Waals surface area contributed by atoms with Gasteiger partial charge in [0.2, 0.25) is 0 Å². The smallest absolute Gasteiger partial charge is 0.277 e. The molecule has 3 rings (SSSR count). The standard InChI is InChI=1S/C16H13N3O2/c20-16(15-10-21-11-18-15)19-14-3-1-12(2-4-14)9-13-5-7-17-8-6-13/h1-8,10-11H,9H2,(H,19,20). The van der Waals surface area contributed by atoms with E-state index in [1.807, 2.05) is 36.4 Å². The number of rotatable bonds is 4. The van der Waals surface area contributed by atoms with Gasteiger partial charge in [-0.05, 0) is 41.8 Å². The van der Waals surface area contributed by atoms with Crippen molar-refractivity contribution in [2.45, 2.75) is 6.42 Å². The number of hydrogen-bond donors (Lipinski definition) is 1. The fraction of sp³-hybridized carbons (Fsp3) is 0.0625. The quantitative estimate of drug-likeness (QED) is 0.797. The number of carbonyl (C=O) groups is 1. The predicted octanol–water partition coefficient (Wildman–Crippen LogP) is 2.91. The van der Waals surface area contributed by atoms with Gasteiger partial charge in [-0.2, -0.15) is 0 Å². The summed E-state index contributed by atoms with van der Waals surface area (Å²) in [6.45, 7) is 0. The molecule has 1 N–H and O–H groups in total. The van der Waals surface area contributed by atoms with Crippen LogP contribution in [0.1, 0.15) is 21.6 Å². The van der Waals surface area contributed by atoms with Gasteiger partial charge < -0.3 is 9.73 Å². The van der Waals surface area contributed by atoms with Gasteiger partial charge in [-0.1, -0.05) is 12.1 Å². The summed E-state index contributed by atoms with van der Waals surface area (Å²) in [6, 6.07) is 11.7. The molecule has 21 heavy (non-hydrogen) atoms. The number of oxazole rings is 1. The molecule has 5 nitrogen and oxygen atoms in total. The molecule has 2 heterocycles. The number of pyridine rings is 1. The Kier molecular flexibility index (Phi) is 3.73. The van der Waals surface area contributed by atoms with Gasteiger partial charge in [-0.3, -0.25) is 9.78 Å². The van der Waals surface area contributed by atoms with Crippen LogP contribution in [-0.2, 0) is 6.42 Å². The second-order valence-corrected chi connectivity index (χ2v) is 4.56. The molecule has 104 valence electrons. The third-order valence-electron chi connectivity index (χ3n) is 3.03. The number of nitrogens with zero attached hydrogens (tertiary/aromatic N) is 2. The lowest BCUT2D eigenvalue weighted by atomic mass is 10.1. The zero-order chi connectivity index (χ0) is 14.5. The number of benzene rings is 1. The normalized spacial score (nSPS) is 10.3. The molecule has 1 amide bonds. The highest BCUT2D eigenvalue weighted by atomic mass is 16.3. The Morgan fingerprint density at radius 1 is 1.05 bits per heavy atom. The van der Waals surface area contributed by atoms with Crippen molar-refractivity contribution in [3.8, 4) is 0 Å². The topological polar surface area (TPSA) is 68.0 Å². The Balaban J connectivity index is 1.65. The van der Waals surface area contributed by atoms with Crippen LogP contribution < -0.4 is 5.32 Å². The molecule has 5 heteroatoms. The Hall–Kier alpha value is -2.95. The third kappa shape index (κ3) is 3.33. The van der Waals surface area contributed by atoms with Gasteiger partial charge in [0.15, 0.2) is 12.1 Å². The minimum atomic E-state index is -0.286. The highest BCUT2D eigenvalue weighted by Gasteiger charge is 2.08. The van der Waals surface area contributed by atoms with Crippen LogP contribution in [-0.4, -0.2) is 15.9 Å². The average molecular weight is 279 g/mol. The molecule has 0 unspecified atom stereocenters. The van der Waals surface area contributed by atoms with Gasteiger partial charge in [0.05, 0.1) is 0 Å². The summed E-state index contributed by atoms with van der Waals surface area (Å²) < 4.78 is 4.78. The number of aromatic nitrogens is 2. The van der Waals surface area contributed by atoms with E-state index in [4.69, 9.17) is 4.42 Å². The molecule has 2 aromatic heterocycles. The molecule has 0 aliphatic heterocycles. The van der Waals surface area contributed by atoms with E-state index in [9.17, 15) is 4.79 Å². The highest BCUT2D eigenvalue weighted by molar-refractivity contribution is 6.02. The molecular formula is C16H13N3O2. The van der Waals surface area contributed by atoms with E-state index in [1.165, 1.54) is 23.8 Å². The fourth-order valence-electron chi connectivity index (χ4n) is 1.96. The molecule has 0 saturated heterocycles. The maximum Gasteiger partial charge on any atom is 0.277 e. The van der Waals surface area contributed by atoms with E-state index < -0.39 is 0 Å². The first-order chi connectivity index (χ1) is 10.3. The summed E-state index contributed by atoms with van der Waals surface area (Å²) in [5, 5.41) is 2.76. The van der Waals surface area contributed by atoms with Crippen LogP contribution in [0, 0.1) is 0 Å². The summed E-state index contributed by atoms with van der Waals surface area (Å²) in [4.78, 5) is 19.6. The Labute approximate surface area is 121 Å². The molecule has 0 spiro atoms. The number of anilines is 1. The van der Waals surface area contributed by atoms with Crippen LogP contribution in [0.15, 0.2) is 65.9 Å². The molecule has 0 bridgehead atoms. The molecule has 0 saturated carbocycles. The third-order valence-corrected chi connectivity index (χ3v) is 3.03. The molecule has 3 aromatic rings. The molecule has 0 radical (unpaired) electrons. The number of nitrogens with one attached hydrogen (secondary N) is 1. The van der Waals surface area contributed by atoms with E-state index in [-0.39, 0.29) is 11.6 Å². The summed E-state index contributed by atoms with van der Waals surface area (Å²) in [6.07, 6.45) is 6.93. The van der Waals surface area contributed by atoms with Gasteiger partial charge in [-0.15, -0.1) is 0 Å². The molecule has 0 atom stereocenters. The van der Waals surface area contributed by atoms with Crippen molar-refractivity contribution in [2.24, 2.45) is 0 Å². The van der Waals surface area contributed by atoms with Crippen LogP contribution in [0.4, 0.5) is 5.69 Å². The van der Waals surface area contributed by atoms with Crippen molar-refractivity contribution in [3.05, 3.63) is 78.3 Å². The predicted molar refractivity (Wildman–Crippen MR) is 77.9 cm³/mol. The van der Waals surface area contributed by atoms with Gasteiger partial charge >= 0.3 is 0 Å². The Bertz CT molecular complexity index is 707. The van der Waals surface area contributed by atoms with Crippen molar-refractivity contribution >= 4 is 11.6 Å². The summed E-state index contributed by atoms with van der Waals surface area (Å²) >= 11 is 0. The maximum atomic E-state index is 11.8. The first kappa shape index (κ1) is 13.1. The Morgan fingerprint density at radius 3 is 2.43 bits per heavy atom. The lowest BCUT2D eigenvalue weighted by Gasteiger charge is -2.05. The first-order valence-corrected chi connectivity index (χ1v) is 6.48. The van der Waals surface area contributed by atoms with Crippen LogP contribution in [0.2, 0.25) is 0 Å². The Morgan fingerprint density at radius 2 is 1.76 bits per heavy atom. The van der Waals surface area contributed by atoms with Crippen LogP contribution in [0.5, 0.6) is 0 Å². The number of amides is 1. The van der Waals surface area contributed by atoms with E-state index >= 15 is 0 Å². The molecule has 1 aromatic carbocycles. The van der Waals surface area contributed by atoms with Crippen molar-refractivity contribution in [1.29, 1.82) is 0 Å². The van der Waals surface area contributed by atoms with E-state index in [0.29, 0.717) is 0 Å². The van der Waals surface area contributed by atoms with E-state index in [1.54, 1.807) is 12.4 Å². The van der Waals surface area contributed by atoms with Crippen molar-refractivity contribution < 1.29 is 9.21 Å². The second kappa shape index (κ2) is 6.00. The summed E-state index contributed by atoms with van der Waals surface area (Å²) in [5.41, 5.74) is 3.35. The van der Waals surface area contributed by atoms with E-state index in [0.717, 1.165) is 12.1 Å². The van der Waals surface area contributed by atoms with Crippen LogP contribution in [0.25, 0.3) is 0 Å². The van der Waals surface area contributed by atoms with Gasteiger partial charge in [0, 0.05) is 18.1 Å². The number of hydrogen-bond acceptors (Lipinski definition) is 4. The maximum absolute atomic E-state index is 11.8. The zero-order valence-corrected chi connectivity index (χ0v) is 11.2. The average Bonchev–Trinajstić information content (AvgIpc) is 3.05. The van der Waals surface area contributed by atoms with Crippen LogP contribution >= 0.6 is 0 Å². The van der Waals surface area contributed by atoms with Crippen molar-refractivity contribution in [2.75, 3.05) is 5.32 Å². The van der Waals surface area contributed by atoms with Gasteiger partial charge in [0.1, 0.15) is 6.26 Å². The minimum absolute atomic E-state index is 0.260. The first-order valence-electron chi connectivity index (χ1n) is 6.48. The molecule has 0 aliphatic rings. The van der Waals surface area contributed by atoms with Crippen molar-refractivity contribution in [3.63, 3.8) is 0 Å². The lowest BCUT2D eigenvalue weighted by molar-refractivity contribution is 0.102. The molecule has 0 aliphatic carbocycles. The SMILES string of the molecule is O=C(Nc1ccc(Cc2ccncc2)cc1)c1cocn1. The molecular weight excluding hydrogens is 266 g/mol. The van der Waals surface area contributed by atoms with Gasteiger partial charge in [0.25, 0.3) is 5.91 Å². The van der Waals surface area contributed by atoms with E-state index in [2.05, 4.69) is 15.3 Å². The summed E-state index contributed by atoms with van der Waals surface area (Å²) in [7, 11) is 0. The largest absolute Gasteiger partial charge is 0.451 e. The monoisotopic (exact) mass is 279 g/mol. The fourth-order valence-corrected chi connectivity index (χ4v) is 1.96. The summed E-state index contributed by atoms with van der Waals surface area (Å²) in [5.74, 6) is -0.286. The number of carbonyl (C=O) groups excluding carboxylic acids is 1. The lowest BCUT2D eigenvalue weighted by Crippen LogP contribution is -2.12. The zero-order valence-electron chi connectivity index (χ0n) is 11.2. The molecule has 0 fully saturated rings. The highest BCUT2D eigenvalue weighted by Crippen LogP contribution is 2.14. The van der Waals surface area contributed by atoms with Gasteiger partial charge in [-0.25, -0.2) is 4.98 Å². The second-order valence-electron chi connectivity index (χ2n) is 4.56. The van der Waals surface area contributed by atoms with Crippen LogP contribution in [0.3, 0.4) is 0 Å².